The first-order chi connectivity index (χ1) is 15.1. The topological polar surface area (TPSA) is 83.4 Å². The van der Waals surface area contributed by atoms with Gasteiger partial charge >= 0.3 is 6.03 Å². The van der Waals surface area contributed by atoms with E-state index in [0.717, 1.165) is 40.6 Å². The van der Waals surface area contributed by atoms with Crippen LogP contribution in [0.2, 0.25) is 0 Å². The van der Waals surface area contributed by atoms with E-state index < -0.39 is 0 Å². The van der Waals surface area contributed by atoms with E-state index >= 15 is 0 Å². The summed E-state index contributed by atoms with van der Waals surface area (Å²) in [5.41, 5.74) is 4.88. The largest absolute Gasteiger partial charge is 0.336 e. The molecule has 158 valence electrons. The van der Waals surface area contributed by atoms with E-state index in [1.54, 1.807) is 17.3 Å². The van der Waals surface area contributed by atoms with E-state index in [1.807, 2.05) is 48.2 Å². The lowest BCUT2D eigenvalue weighted by Crippen LogP contribution is -2.39. The Morgan fingerprint density at radius 2 is 1.84 bits per heavy atom. The first-order valence-electron chi connectivity index (χ1n) is 10.5. The number of rotatable bonds is 4. The molecule has 2 aliphatic rings. The standard InChI is InChI=1S/C23H24N6O2/c1-16-20-15-27(12-13-29(20)22(26-16)18-6-8-24-9-7-18)21(30)14-17-2-4-19(5-3-17)28-11-10-25-23(28)31/h2-9H,10-15H2,1H3,(H,25,31). The molecule has 3 amide bonds. The van der Waals surface area contributed by atoms with Crippen molar-refractivity contribution < 1.29 is 9.59 Å². The van der Waals surface area contributed by atoms with Gasteiger partial charge < -0.3 is 14.8 Å². The summed E-state index contributed by atoms with van der Waals surface area (Å²) in [6.45, 7) is 5.27. The summed E-state index contributed by atoms with van der Waals surface area (Å²) >= 11 is 0. The first kappa shape index (κ1) is 19.3. The summed E-state index contributed by atoms with van der Waals surface area (Å²) < 4.78 is 2.21. The normalized spacial score (nSPS) is 15.7. The van der Waals surface area contributed by atoms with Crippen molar-refractivity contribution in [3.63, 3.8) is 0 Å². The van der Waals surface area contributed by atoms with Crippen molar-refractivity contribution in [1.82, 2.24) is 24.8 Å². The predicted octanol–water partition coefficient (Wildman–Crippen LogP) is 2.37. The molecule has 3 aromatic rings. The second-order valence-corrected chi connectivity index (χ2v) is 7.90. The molecule has 2 aliphatic heterocycles. The van der Waals surface area contributed by atoms with E-state index in [0.29, 0.717) is 32.6 Å². The number of nitrogens with zero attached hydrogens (tertiary/aromatic N) is 5. The van der Waals surface area contributed by atoms with E-state index in [9.17, 15) is 9.59 Å². The van der Waals surface area contributed by atoms with Crippen LogP contribution in [-0.2, 0) is 24.3 Å². The van der Waals surface area contributed by atoms with Crippen LogP contribution in [0, 0.1) is 6.92 Å². The molecular formula is C23H24N6O2. The average molecular weight is 416 g/mol. The Hall–Kier alpha value is -3.68. The Balaban J connectivity index is 1.28. The molecule has 0 saturated carbocycles. The molecule has 2 aromatic heterocycles. The fourth-order valence-corrected chi connectivity index (χ4v) is 4.26. The van der Waals surface area contributed by atoms with Gasteiger partial charge in [-0.2, -0.15) is 0 Å². The molecule has 0 radical (unpaired) electrons. The number of nitrogens with one attached hydrogen (secondary N) is 1. The summed E-state index contributed by atoms with van der Waals surface area (Å²) in [5, 5.41) is 2.80. The number of hydrogen-bond donors (Lipinski definition) is 1. The number of anilines is 1. The molecule has 8 nitrogen and oxygen atoms in total. The van der Waals surface area contributed by atoms with Crippen molar-refractivity contribution in [2.45, 2.75) is 26.4 Å². The number of carbonyl (C=O) groups excluding carboxylic acids is 2. The Kier molecular flexibility index (Phi) is 4.89. The second kappa shape index (κ2) is 7.86. The maximum atomic E-state index is 13.0. The van der Waals surface area contributed by atoms with Crippen molar-refractivity contribution in [2.75, 3.05) is 24.5 Å². The zero-order valence-electron chi connectivity index (χ0n) is 17.4. The van der Waals surface area contributed by atoms with E-state index in [-0.39, 0.29) is 11.9 Å². The van der Waals surface area contributed by atoms with Gasteiger partial charge in [0.1, 0.15) is 5.82 Å². The molecule has 0 aliphatic carbocycles. The van der Waals surface area contributed by atoms with Gasteiger partial charge in [-0.05, 0) is 36.8 Å². The maximum Gasteiger partial charge on any atom is 0.321 e. The van der Waals surface area contributed by atoms with E-state index in [2.05, 4.69) is 14.9 Å². The van der Waals surface area contributed by atoms with E-state index in [4.69, 9.17) is 4.98 Å². The fourth-order valence-electron chi connectivity index (χ4n) is 4.26. The molecule has 8 heteroatoms. The summed E-state index contributed by atoms with van der Waals surface area (Å²) in [5.74, 6) is 1.03. The van der Waals surface area contributed by atoms with Gasteiger partial charge in [0.15, 0.2) is 0 Å². The quantitative estimate of drug-likeness (QED) is 0.708. The van der Waals surface area contributed by atoms with Crippen LogP contribution in [0.1, 0.15) is 17.0 Å². The van der Waals surface area contributed by atoms with Crippen LogP contribution in [0.3, 0.4) is 0 Å². The van der Waals surface area contributed by atoms with Crippen molar-refractivity contribution in [3.05, 3.63) is 65.7 Å². The Bertz CT molecular complexity index is 1120. The Morgan fingerprint density at radius 1 is 1.06 bits per heavy atom. The highest BCUT2D eigenvalue weighted by atomic mass is 16.2. The van der Waals surface area contributed by atoms with Gasteiger partial charge in [0, 0.05) is 49.8 Å². The van der Waals surface area contributed by atoms with Gasteiger partial charge in [-0.3, -0.25) is 14.7 Å². The summed E-state index contributed by atoms with van der Waals surface area (Å²) in [7, 11) is 0. The van der Waals surface area contributed by atoms with Gasteiger partial charge in [-0.1, -0.05) is 12.1 Å². The maximum absolute atomic E-state index is 13.0. The first-order valence-corrected chi connectivity index (χ1v) is 10.5. The molecule has 1 saturated heterocycles. The molecule has 31 heavy (non-hydrogen) atoms. The zero-order valence-corrected chi connectivity index (χ0v) is 17.4. The summed E-state index contributed by atoms with van der Waals surface area (Å²) in [6.07, 6.45) is 3.88. The summed E-state index contributed by atoms with van der Waals surface area (Å²) in [6, 6.07) is 11.5. The molecule has 0 spiro atoms. The average Bonchev–Trinajstić information content (AvgIpc) is 3.38. The van der Waals surface area contributed by atoms with Crippen molar-refractivity contribution in [1.29, 1.82) is 0 Å². The highest BCUT2D eigenvalue weighted by molar-refractivity contribution is 5.94. The van der Waals surface area contributed by atoms with Crippen molar-refractivity contribution in [3.8, 4) is 11.4 Å². The van der Waals surface area contributed by atoms with Crippen LogP contribution >= 0.6 is 0 Å². The number of carbonyl (C=O) groups is 2. The minimum atomic E-state index is -0.0738. The fraction of sp³-hybridized carbons (Fsp3) is 0.304. The SMILES string of the molecule is Cc1nc(-c2ccncc2)n2c1CN(C(=O)Cc1ccc(N3CCNC3=O)cc1)CC2. The van der Waals surface area contributed by atoms with Crippen molar-refractivity contribution in [2.24, 2.45) is 0 Å². The smallest absolute Gasteiger partial charge is 0.321 e. The number of benzene rings is 1. The molecule has 1 aromatic carbocycles. The lowest BCUT2D eigenvalue weighted by molar-refractivity contribution is -0.131. The summed E-state index contributed by atoms with van der Waals surface area (Å²) in [4.78, 5) is 37.2. The van der Waals surface area contributed by atoms with Gasteiger partial charge in [0.25, 0.3) is 0 Å². The lowest BCUT2D eigenvalue weighted by Gasteiger charge is -2.29. The molecule has 0 atom stereocenters. The van der Waals surface area contributed by atoms with Crippen LogP contribution in [-0.4, -0.2) is 51.0 Å². The lowest BCUT2D eigenvalue weighted by atomic mass is 10.1. The number of urea groups is 1. The Labute approximate surface area is 180 Å². The van der Waals surface area contributed by atoms with Crippen LogP contribution < -0.4 is 10.2 Å². The third-order valence-electron chi connectivity index (χ3n) is 5.96. The van der Waals surface area contributed by atoms with E-state index in [1.165, 1.54) is 0 Å². The number of hydrogen-bond acceptors (Lipinski definition) is 4. The highest BCUT2D eigenvalue weighted by Gasteiger charge is 2.26. The van der Waals surface area contributed by atoms with Gasteiger partial charge in [0.2, 0.25) is 5.91 Å². The molecule has 1 N–H and O–H groups in total. The molecule has 5 rings (SSSR count). The van der Waals surface area contributed by atoms with Crippen molar-refractivity contribution >= 4 is 17.6 Å². The number of aromatic nitrogens is 3. The van der Waals surface area contributed by atoms with Gasteiger partial charge in [-0.15, -0.1) is 0 Å². The highest BCUT2D eigenvalue weighted by Crippen LogP contribution is 2.26. The molecule has 0 unspecified atom stereocenters. The molecular weight excluding hydrogens is 392 g/mol. The number of amides is 3. The minimum absolute atomic E-state index is 0.0738. The molecule has 4 heterocycles. The third kappa shape index (κ3) is 3.65. The number of aryl methyl sites for hydroxylation is 1. The number of imidazole rings is 1. The minimum Gasteiger partial charge on any atom is -0.336 e. The second-order valence-electron chi connectivity index (χ2n) is 7.90. The third-order valence-corrected chi connectivity index (χ3v) is 5.96. The van der Waals surface area contributed by atoms with Gasteiger partial charge in [0.05, 0.1) is 24.4 Å². The zero-order chi connectivity index (χ0) is 21.4. The van der Waals surface area contributed by atoms with Crippen LogP contribution in [0.25, 0.3) is 11.4 Å². The van der Waals surface area contributed by atoms with Gasteiger partial charge in [-0.25, -0.2) is 9.78 Å². The van der Waals surface area contributed by atoms with Crippen LogP contribution in [0.15, 0.2) is 48.8 Å². The predicted molar refractivity (Wildman–Crippen MR) is 117 cm³/mol. The molecule has 1 fully saturated rings. The number of pyridine rings is 1. The number of fused-ring (bicyclic) bond motifs is 1. The van der Waals surface area contributed by atoms with Crippen LogP contribution in [0.4, 0.5) is 10.5 Å². The van der Waals surface area contributed by atoms with Crippen LogP contribution in [0.5, 0.6) is 0 Å². The monoisotopic (exact) mass is 416 g/mol. The molecule has 0 bridgehead atoms. The Morgan fingerprint density at radius 3 is 2.55 bits per heavy atom.